The summed E-state index contributed by atoms with van der Waals surface area (Å²) in [6.07, 6.45) is 3.30. The first-order valence-electron chi connectivity index (χ1n) is 14.7. The number of hydrogen-bond donors (Lipinski definition) is 0. The second kappa shape index (κ2) is 11.1. The number of nitrogens with zero attached hydrogens (tertiary/aromatic N) is 1. The molecular formula is C35H42BrNO4. The van der Waals surface area contributed by atoms with Gasteiger partial charge in [0.2, 0.25) is 0 Å². The third kappa shape index (κ3) is 5.90. The fraction of sp³-hybridized carbons (Fsp3) is 0.486. The number of halogens is 1. The maximum atomic E-state index is 14.1. The predicted molar refractivity (Wildman–Crippen MR) is 166 cm³/mol. The van der Waals surface area contributed by atoms with Crippen molar-refractivity contribution in [3.8, 4) is 11.5 Å². The SMILES string of the molecule is COc1cc(C2C3=C(CC(C)(C)CC3=O)N(CCc3ccccc3)C3=C2C(=O)CC(C)(C)C3)cc(Br)c1OC(C)C. The van der Waals surface area contributed by atoms with E-state index in [4.69, 9.17) is 9.47 Å². The minimum absolute atomic E-state index is 0.0353. The normalized spacial score (nSPS) is 20.4. The van der Waals surface area contributed by atoms with Gasteiger partial charge in [-0.25, -0.2) is 0 Å². The van der Waals surface area contributed by atoms with Crippen LogP contribution in [0.15, 0.2) is 69.5 Å². The van der Waals surface area contributed by atoms with Crippen molar-refractivity contribution in [2.45, 2.75) is 85.7 Å². The molecule has 0 atom stereocenters. The van der Waals surface area contributed by atoms with Crippen molar-refractivity contribution >= 4 is 27.5 Å². The molecule has 6 heteroatoms. The average molecular weight is 621 g/mol. The van der Waals surface area contributed by atoms with Crippen molar-refractivity contribution in [1.29, 1.82) is 0 Å². The summed E-state index contributed by atoms with van der Waals surface area (Å²) < 4.78 is 12.6. The van der Waals surface area contributed by atoms with E-state index < -0.39 is 5.92 Å². The number of carbonyl (C=O) groups excluding carboxylic acids is 2. The van der Waals surface area contributed by atoms with Crippen LogP contribution in [-0.4, -0.2) is 36.2 Å². The van der Waals surface area contributed by atoms with Gasteiger partial charge in [0.05, 0.1) is 17.7 Å². The number of methoxy groups -OCH3 is 1. The van der Waals surface area contributed by atoms with Crippen molar-refractivity contribution in [2.24, 2.45) is 10.8 Å². The number of hydrogen-bond acceptors (Lipinski definition) is 5. The van der Waals surface area contributed by atoms with Crippen LogP contribution < -0.4 is 9.47 Å². The Morgan fingerprint density at radius 3 is 1.98 bits per heavy atom. The molecule has 0 fully saturated rings. The quantitative estimate of drug-likeness (QED) is 0.313. The topological polar surface area (TPSA) is 55.8 Å². The van der Waals surface area contributed by atoms with Crippen LogP contribution in [-0.2, 0) is 16.0 Å². The van der Waals surface area contributed by atoms with Gasteiger partial charge in [-0.3, -0.25) is 9.59 Å². The van der Waals surface area contributed by atoms with E-state index in [2.05, 4.69) is 72.8 Å². The second-order valence-electron chi connectivity index (χ2n) is 13.6. The van der Waals surface area contributed by atoms with E-state index in [-0.39, 0.29) is 28.5 Å². The van der Waals surface area contributed by atoms with Gasteiger partial charge in [-0.2, -0.15) is 0 Å². The monoisotopic (exact) mass is 619 g/mol. The first kappa shape index (κ1) is 29.6. The molecule has 0 bridgehead atoms. The van der Waals surface area contributed by atoms with Crippen LogP contribution in [0.4, 0.5) is 0 Å². The number of ether oxygens (including phenoxy) is 2. The van der Waals surface area contributed by atoms with Crippen LogP contribution in [0.5, 0.6) is 11.5 Å². The highest BCUT2D eigenvalue weighted by atomic mass is 79.9. The molecule has 0 saturated carbocycles. The van der Waals surface area contributed by atoms with E-state index in [0.717, 1.165) is 58.4 Å². The van der Waals surface area contributed by atoms with Crippen LogP contribution >= 0.6 is 15.9 Å². The summed E-state index contributed by atoms with van der Waals surface area (Å²) in [5.41, 5.74) is 5.51. The van der Waals surface area contributed by atoms with Crippen molar-refractivity contribution in [1.82, 2.24) is 4.90 Å². The van der Waals surface area contributed by atoms with E-state index in [0.29, 0.717) is 24.3 Å². The molecule has 5 nitrogen and oxygen atoms in total. The standard InChI is InChI=1S/C35H42BrNO4/c1-21(2)41-33-24(36)15-23(16-29(33)40-7)30-31-25(17-34(3,4)19-27(31)38)37(14-13-22-11-9-8-10-12-22)26-18-35(5,6)20-28(39)32(26)30/h8-12,15-16,21,30H,13-14,17-20H2,1-7H3. The average Bonchev–Trinajstić information content (AvgIpc) is 2.87. The molecule has 218 valence electrons. The molecule has 0 aromatic heterocycles. The Bertz CT molecular complexity index is 1380. The molecule has 0 N–H and O–H groups in total. The number of benzene rings is 2. The van der Waals surface area contributed by atoms with Gasteiger partial charge in [0, 0.05) is 47.8 Å². The Balaban J connectivity index is 1.72. The molecule has 0 unspecified atom stereocenters. The molecule has 1 heterocycles. The third-order valence-electron chi connectivity index (χ3n) is 8.43. The van der Waals surface area contributed by atoms with E-state index in [1.807, 2.05) is 32.0 Å². The fourth-order valence-electron chi connectivity index (χ4n) is 6.79. The van der Waals surface area contributed by atoms with E-state index in [1.165, 1.54) is 5.56 Å². The minimum atomic E-state index is -0.432. The summed E-state index contributed by atoms with van der Waals surface area (Å²) in [5.74, 6) is 1.05. The molecule has 3 aliphatic rings. The van der Waals surface area contributed by atoms with Crippen LogP contribution in [0, 0.1) is 10.8 Å². The first-order chi connectivity index (χ1) is 19.3. The van der Waals surface area contributed by atoms with Crippen LogP contribution in [0.2, 0.25) is 0 Å². The molecule has 2 aliphatic carbocycles. The first-order valence-corrected chi connectivity index (χ1v) is 15.5. The van der Waals surface area contributed by atoms with Crippen LogP contribution in [0.25, 0.3) is 0 Å². The van der Waals surface area contributed by atoms with E-state index in [1.54, 1.807) is 7.11 Å². The van der Waals surface area contributed by atoms with Crippen molar-refractivity contribution in [3.63, 3.8) is 0 Å². The van der Waals surface area contributed by atoms with E-state index >= 15 is 0 Å². The molecule has 41 heavy (non-hydrogen) atoms. The lowest BCUT2D eigenvalue weighted by atomic mass is 9.63. The zero-order valence-electron chi connectivity index (χ0n) is 25.4. The number of carbonyl (C=O) groups is 2. The van der Waals surface area contributed by atoms with Gasteiger partial charge in [-0.15, -0.1) is 0 Å². The van der Waals surface area contributed by atoms with Crippen molar-refractivity contribution in [3.05, 3.63) is 80.6 Å². The maximum absolute atomic E-state index is 14.1. The van der Waals surface area contributed by atoms with Crippen molar-refractivity contribution < 1.29 is 19.1 Å². The van der Waals surface area contributed by atoms with Gasteiger partial charge in [0.1, 0.15) is 0 Å². The van der Waals surface area contributed by atoms with Crippen LogP contribution in [0.1, 0.15) is 84.3 Å². The Labute approximate surface area is 253 Å². The van der Waals surface area contributed by atoms with Gasteiger partial charge in [0.25, 0.3) is 0 Å². The zero-order chi connectivity index (χ0) is 29.7. The Morgan fingerprint density at radius 1 is 0.902 bits per heavy atom. The molecule has 5 rings (SSSR count). The molecule has 0 radical (unpaired) electrons. The highest BCUT2D eigenvalue weighted by Crippen LogP contribution is 2.55. The summed E-state index contributed by atoms with van der Waals surface area (Å²) in [4.78, 5) is 30.6. The maximum Gasteiger partial charge on any atom is 0.175 e. The molecule has 0 amide bonds. The molecule has 1 aliphatic heterocycles. The Morgan fingerprint density at radius 2 is 1.46 bits per heavy atom. The second-order valence-corrected chi connectivity index (χ2v) is 14.5. The predicted octanol–water partition coefficient (Wildman–Crippen LogP) is 8.17. The Hall–Kier alpha value is -2.86. The van der Waals surface area contributed by atoms with Gasteiger partial charge in [-0.1, -0.05) is 58.0 Å². The lowest BCUT2D eigenvalue weighted by Gasteiger charge is -2.49. The molecule has 0 spiro atoms. The van der Waals surface area contributed by atoms with Gasteiger partial charge in [-0.05, 0) is 83.1 Å². The third-order valence-corrected chi connectivity index (χ3v) is 9.02. The highest BCUT2D eigenvalue weighted by molar-refractivity contribution is 9.10. The summed E-state index contributed by atoms with van der Waals surface area (Å²) in [6, 6.07) is 14.4. The number of rotatable bonds is 7. The Kier molecular flexibility index (Phi) is 8.01. The number of allylic oxidation sites excluding steroid dienone is 4. The molecular weight excluding hydrogens is 578 g/mol. The lowest BCUT2D eigenvalue weighted by molar-refractivity contribution is -0.119. The minimum Gasteiger partial charge on any atom is -0.493 e. The summed E-state index contributed by atoms with van der Waals surface area (Å²) in [6.45, 7) is 13.4. The fourth-order valence-corrected chi connectivity index (χ4v) is 7.35. The number of ketones is 2. The lowest BCUT2D eigenvalue weighted by Crippen LogP contribution is -2.45. The van der Waals surface area contributed by atoms with E-state index in [9.17, 15) is 9.59 Å². The summed E-state index contributed by atoms with van der Waals surface area (Å²) in [5, 5.41) is 0. The summed E-state index contributed by atoms with van der Waals surface area (Å²) in [7, 11) is 1.63. The molecule has 2 aromatic carbocycles. The smallest absolute Gasteiger partial charge is 0.175 e. The largest absolute Gasteiger partial charge is 0.493 e. The number of Topliss-reactive ketones (excluding diaryl/α,β-unsaturated/α-hetero) is 2. The van der Waals surface area contributed by atoms with Gasteiger partial charge < -0.3 is 14.4 Å². The van der Waals surface area contributed by atoms with Crippen LogP contribution in [0.3, 0.4) is 0 Å². The highest BCUT2D eigenvalue weighted by Gasteiger charge is 2.49. The summed E-state index contributed by atoms with van der Waals surface area (Å²) >= 11 is 3.72. The van der Waals surface area contributed by atoms with Gasteiger partial charge >= 0.3 is 0 Å². The zero-order valence-corrected chi connectivity index (χ0v) is 27.0. The molecule has 0 saturated heterocycles. The molecule has 2 aromatic rings. The van der Waals surface area contributed by atoms with Crippen molar-refractivity contribution in [2.75, 3.05) is 13.7 Å². The van der Waals surface area contributed by atoms with Gasteiger partial charge in [0.15, 0.2) is 23.1 Å².